The molecule has 0 saturated carbocycles. The van der Waals surface area contributed by atoms with Crippen molar-refractivity contribution in [3.05, 3.63) is 284 Å². The molecule has 3 nitrogen and oxygen atoms in total. The second-order valence-corrected chi connectivity index (χ2v) is 22.7. The normalized spacial score (nSPS) is 12.8. The maximum atomic E-state index is 2.54. The van der Waals surface area contributed by atoms with E-state index in [1.165, 1.54) is 93.5 Å². The van der Waals surface area contributed by atoms with Gasteiger partial charge in [-0.2, -0.15) is 0 Å². The number of hydrogen-bond acceptors (Lipinski definition) is 2. The Labute approximate surface area is 457 Å². The zero-order chi connectivity index (χ0) is 52.7. The number of fused-ring (bicyclic) bond motifs is 7. The first-order chi connectivity index (χ1) is 38.0. The SMILES string of the molecule is CC(C)(C)c1ccc2c(c1)c1cc(-c3cc(N(c4ccc(-c5ccccc5)cc4)c4ccc5ccccc5c4)cc(N(c4ccc(-c5ccccc5)cc4)c4ccc5ccccc5c4)c3)cc3c1n2-c1ccccc1C3(C)C. The van der Waals surface area contributed by atoms with Gasteiger partial charge in [-0.15, -0.1) is 0 Å². The Balaban J connectivity index is 1.06. The second kappa shape index (κ2) is 18.4. The fourth-order valence-electron chi connectivity index (χ4n) is 12.3. The van der Waals surface area contributed by atoms with E-state index in [4.69, 9.17) is 0 Å². The number of aromatic nitrogens is 1. The van der Waals surface area contributed by atoms with Crippen LogP contribution in [0.25, 0.3) is 82.4 Å². The number of para-hydroxylation sites is 1. The van der Waals surface area contributed by atoms with Gasteiger partial charge in [0.1, 0.15) is 0 Å². The van der Waals surface area contributed by atoms with Crippen molar-refractivity contribution >= 4 is 77.5 Å². The summed E-state index contributed by atoms with van der Waals surface area (Å²) in [5.74, 6) is 0. The zero-order valence-corrected chi connectivity index (χ0v) is 44.7. The van der Waals surface area contributed by atoms with Gasteiger partial charge in [0.15, 0.2) is 0 Å². The third kappa shape index (κ3) is 8.05. The van der Waals surface area contributed by atoms with Gasteiger partial charge in [-0.1, -0.05) is 204 Å². The first-order valence-electron chi connectivity index (χ1n) is 27.3. The molecule has 0 spiro atoms. The van der Waals surface area contributed by atoms with Crippen LogP contribution in [0.1, 0.15) is 51.3 Å². The van der Waals surface area contributed by atoms with E-state index >= 15 is 0 Å². The lowest BCUT2D eigenvalue weighted by molar-refractivity contribution is 0.591. The van der Waals surface area contributed by atoms with Crippen molar-refractivity contribution in [1.82, 2.24) is 4.57 Å². The van der Waals surface area contributed by atoms with E-state index in [1.807, 2.05) is 0 Å². The van der Waals surface area contributed by atoms with Crippen LogP contribution in [0.4, 0.5) is 34.1 Å². The predicted molar refractivity (Wildman–Crippen MR) is 332 cm³/mol. The highest BCUT2D eigenvalue weighted by atomic mass is 15.2. The van der Waals surface area contributed by atoms with E-state index in [9.17, 15) is 0 Å². The number of hydrogen-bond donors (Lipinski definition) is 0. The Morgan fingerprint density at radius 2 is 0.782 bits per heavy atom. The van der Waals surface area contributed by atoms with Crippen LogP contribution < -0.4 is 9.80 Å². The van der Waals surface area contributed by atoms with Gasteiger partial charge >= 0.3 is 0 Å². The molecule has 0 atom stereocenters. The summed E-state index contributed by atoms with van der Waals surface area (Å²) in [5.41, 5.74) is 20.8. The van der Waals surface area contributed by atoms with Gasteiger partial charge < -0.3 is 14.4 Å². The monoisotopic (exact) mass is 1000 g/mol. The van der Waals surface area contributed by atoms with Crippen molar-refractivity contribution in [2.45, 2.75) is 45.4 Å². The van der Waals surface area contributed by atoms with Crippen molar-refractivity contribution < 1.29 is 0 Å². The number of nitrogens with zero attached hydrogens (tertiary/aromatic N) is 3. The van der Waals surface area contributed by atoms with Crippen LogP contribution >= 0.6 is 0 Å². The van der Waals surface area contributed by atoms with Gasteiger partial charge in [0.25, 0.3) is 0 Å². The second-order valence-electron chi connectivity index (χ2n) is 22.7. The van der Waals surface area contributed by atoms with Crippen molar-refractivity contribution in [3.8, 4) is 39.1 Å². The Morgan fingerprint density at radius 3 is 1.32 bits per heavy atom. The molecule has 0 fully saturated rings. The summed E-state index contributed by atoms with van der Waals surface area (Å²) in [6.07, 6.45) is 0. The topological polar surface area (TPSA) is 11.4 Å². The summed E-state index contributed by atoms with van der Waals surface area (Å²) in [6.45, 7) is 11.8. The highest BCUT2D eigenvalue weighted by Gasteiger charge is 2.36. The molecule has 12 aromatic carbocycles. The lowest BCUT2D eigenvalue weighted by Crippen LogP contribution is -2.26. The lowest BCUT2D eigenvalue weighted by atomic mass is 9.74. The number of rotatable bonds is 9. The minimum Gasteiger partial charge on any atom is -0.310 e. The predicted octanol–water partition coefficient (Wildman–Crippen LogP) is 21.0. The van der Waals surface area contributed by atoms with Crippen molar-refractivity contribution in [1.29, 1.82) is 0 Å². The van der Waals surface area contributed by atoms with Crippen LogP contribution in [0.5, 0.6) is 0 Å². The molecule has 3 heteroatoms. The van der Waals surface area contributed by atoms with Crippen molar-refractivity contribution in [2.24, 2.45) is 0 Å². The van der Waals surface area contributed by atoms with Crippen LogP contribution in [-0.2, 0) is 10.8 Å². The smallest absolute Gasteiger partial charge is 0.0582 e. The first-order valence-corrected chi connectivity index (χ1v) is 27.3. The van der Waals surface area contributed by atoms with Crippen LogP contribution in [0.2, 0.25) is 0 Å². The van der Waals surface area contributed by atoms with Gasteiger partial charge in [-0.25, -0.2) is 0 Å². The molecule has 0 radical (unpaired) electrons. The Kier molecular flexibility index (Phi) is 11.1. The van der Waals surface area contributed by atoms with Crippen LogP contribution in [0.15, 0.2) is 267 Å². The van der Waals surface area contributed by atoms with Gasteiger partial charge in [0, 0.05) is 50.3 Å². The summed E-state index contributed by atoms with van der Waals surface area (Å²) in [6, 6.07) is 99.1. The first kappa shape index (κ1) is 47.0. The minimum absolute atomic E-state index is 0.0271. The van der Waals surface area contributed by atoms with Gasteiger partial charge in [0.2, 0.25) is 0 Å². The molecule has 1 aromatic heterocycles. The number of benzene rings is 12. The van der Waals surface area contributed by atoms with Crippen molar-refractivity contribution in [2.75, 3.05) is 9.80 Å². The molecule has 14 rings (SSSR count). The lowest BCUT2D eigenvalue weighted by Gasteiger charge is -2.35. The molecule has 0 unspecified atom stereocenters. The summed E-state index contributed by atoms with van der Waals surface area (Å²) < 4.78 is 2.54. The Bertz CT molecular complexity index is 4240. The van der Waals surface area contributed by atoms with Gasteiger partial charge in [0.05, 0.1) is 16.7 Å². The van der Waals surface area contributed by atoms with Crippen LogP contribution in [-0.4, -0.2) is 4.57 Å². The molecule has 1 aliphatic heterocycles. The Hall–Kier alpha value is -9.44. The van der Waals surface area contributed by atoms with E-state index < -0.39 is 0 Å². The maximum absolute atomic E-state index is 2.54. The number of anilines is 6. The van der Waals surface area contributed by atoms with E-state index in [0.717, 1.165) is 39.7 Å². The molecule has 13 aromatic rings. The average molecular weight is 1000 g/mol. The van der Waals surface area contributed by atoms with E-state index in [1.54, 1.807) is 0 Å². The summed E-state index contributed by atoms with van der Waals surface area (Å²) in [4.78, 5) is 4.91. The minimum atomic E-state index is -0.294. The standard InChI is InChI=1S/C75H59N3/c1-74(2,3)60-34-41-71-67(48-60)68-46-59(47-70-73(68)78(71)72-27-17-16-26-69(72)75(70,4)5)58-44-65(76(63-39-32-52-22-12-14-24-56(52)42-63)61-35-28-54(29-36-61)50-18-8-6-9-19-50)49-66(45-58)77(64-40-33-53-23-13-15-25-57(53)43-64)62-37-30-55(31-38-62)51-20-10-7-11-21-51/h6-49H,1-5H3. The molecule has 374 valence electrons. The summed E-state index contributed by atoms with van der Waals surface area (Å²) in [5, 5.41) is 7.33. The molecule has 1 aliphatic rings. The average Bonchev–Trinajstić information content (AvgIpc) is 4.05. The molecule has 0 aliphatic carbocycles. The molecular formula is C75H59N3. The molecule has 0 amide bonds. The highest BCUT2D eigenvalue weighted by molar-refractivity contribution is 6.13. The zero-order valence-electron chi connectivity index (χ0n) is 44.7. The van der Waals surface area contributed by atoms with E-state index in [2.05, 4.69) is 316 Å². The largest absolute Gasteiger partial charge is 0.310 e. The van der Waals surface area contributed by atoms with E-state index in [0.29, 0.717) is 0 Å². The Morgan fingerprint density at radius 1 is 0.321 bits per heavy atom. The van der Waals surface area contributed by atoms with Crippen molar-refractivity contribution in [3.63, 3.8) is 0 Å². The van der Waals surface area contributed by atoms with Crippen LogP contribution in [0.3, 0.4) is 0 Å². The van der Waals surface area contributed by atoms with Crippen LogP contribution in [0, 0.1) is 0 Å². The third-order valence-corrected chi connectivity index (χ3v) is 16.4. The molecule has 0 bridgehead atoms. The molecular weight excluding hydrogens is 943 g/mol. The molecule has 0 saturated heterocycles. The molecule has 0 N–H and O–H groups in total. The summed E-state index contributed by atoms with van der Waals surface area (Å²) in [7, 11) is 0. The third-order valence-electron chi connectivity index (χ3n) is 16.4. The fraction of sp³-hybridized carbons (Fsp3) is 0.0933. The fourth-order valence-corrected chi connectivity index (χ4v) is 12.3. The van der Waals surface area contributed by atoms with E-state index in [-0.39, 0.29) is 10.8 Å². The molecule has 78 heavy (non-hydrogen) atoms. The highest BCUT2D eigenvalue weighted by Crippen LogP contribution is 2.51. The summed E-state index contributed by atoms with van der Waals surface area (Å²) >= 11 is 0. The maximum Gasteiger partial charge on any atom is 0.0582 e. The van der Waals surface area contributed by atoms with Gasteiger partial charge in [-0.3, -0.25) is 0 Å². The van der Waals surface area contributed by atoms with Gasteiger partial charge in [-0.05, 0) is 174 Å². The molecule has 2 heterocycles. The quantitative estimate of drug-likeness (QED) is 0.143.